The average molecular weight is 351 g/mol. The molecule has 0 N–H and O–H groups in total. The first-order valence-corrected chi connectivity index (χ1v) is 8.18. The number of urea groups is 1. The molecule has 1 aliphatic heterocycles. The number of likely N-dealkylation sites (N-methyl/N-ethyl adjacent to an activating group) is 1. The lowest BCUT2D eigenvalue weighted by molar-refractivity contribution is -0.134. The molecular weight excluding hydrogens is 332 g/mol. The molecule has 1 aromatic rings. The van der Waals surface area contributed by atoms with E-state index in [-0.39, 0.29) is 11.9 Å². The van der Waals surface area contributed by atoms with Crippen LogP contribution in [0.5, 0.6) is 0 Å². The van der Waals surface area contributed by atoms with Gasteiger partial charge < -0.3 is 4.90 Å². The molecular formula is C16H19BrN2O2. The number of imide groups is 1. The minimum absolute atomic E-state index is 0.0161. The van der Waals surface area contributed by atoms with Gasteiger partial charge in [-0.2, -0.15) is 0 Å². The summed E-state index contributed by atoms with van der Waals surface area (Å²) in [5, 5.41) is 0. The number of carbonyl (C=O) groups is 2. The third-order valence-corrected chi connectivity index (χ3v) is 5.27. The van der Waals surface area contributed by atoms with E-state index < -0.39 is 5.54 Å². The number of hydrogen-bond donors (Lipinski definition) is 0. The van der Waals surface area contributed by atoms with Crippen molar-refractivity contribution in [2.24, 2.45) is 0 Å². The summed E-state index contributed by atoms with van der Waals surface area (Å²) < 4.78 is 0.992. The smallest absolute Gasteiger partial charge is 0.313 e. The van der Waals surface area contributed by atoms with E-state index in [9.17, 15) is 9.59 Å². The zero-order chi connectivity index (χ0) is 15.0. The predicted molar refractivity (Wildman–Crippen MR) is 83.7 cm³/mol. The van der Waals surface area contributed by atoms with Crippen LogP contribution in [0.25, 0.3) is 0 Å². The number of benzene rings is 1. The summed E-state index contributed by atoms with van der Waals surface area (Å²) in [5.74, 6) is -0.0161. The number of hydrogen-bond acceptors (Lipinski definition) is 2. The number of amides is 3. The monoisotopic (exact) mass is 350 g/mol. The summed E-state index contributed by atoms with van der Waals surface area (Å²) in [4.78, 5) is 28.4. The topological polar surface area (TPSA) is 40.6 Å². The van der Waals surface area contributed by atoms with Gasteiger partial charge in [-0.25, -0.2) is 4.79 Å². The Labute approximate surface area is 133 Å². The molecule has 0 radical (unpaired) electrons. The molecule has 0 atom stereocenters. The van der Waals surface area contributed by atoms with Crippen molar-refractivity contribution in [3.63, 3.8) is 0 Å². The summed E-state index contributed by atoms with van der Waals surface area (Å²) >= 11 is 3.39. The highest BCUT2D eigenvalue weighted by atomic mass is 79.9. The molecule has 112 valence electrons. The largest absolute Gasteiger partial charge is 0.327 e. The molecule has 5 heteroatoms. The van der Waals surface area contributed by atoms with Crippen molar-refractivity contribution in [2.75, 3.05) is 7.05 Å². The maximum atomic E-state index is 12.8. The molecule has 1 aromatic carbocycles. The van der Waals surface area contributed by atoms with Gasteiger partial charge in [0.05, 0.1) is 6.54 Å². The maximum Gasteiger partial charge on any atom is 0.327 e. The molecule has 4 nitrogen and oxygen atoms in total. The second kappa shape index (κ2) is 5.44. The SMILES string of the molecule is CN1C(=O)N(Cc2ccc(Br)cc2)C(=O)C12CCCCC2. The van der Waals surface area contributed by atoms with E-state index in [2.05, 4.69) is 15.9 Å². The molecule has 21 heavy (non-hydrogen) atoms. The van der Waals surface area contributed by atoms with Crippen molar-refractivity contribution in [1.82, 2.24) is 9.80 Å². The zero-order valence-corrected chi connectivity index (χ0v) is 13.7. The molecule has 1 spiro atoms. The summed E-state index contributed by atoms with van der Waals surface area (Å²) in [7, 11) is 1.77. The van der Waals surface area contributed by atoms with E-state index in [1.165, 1.54) is 4.90 Å². The van der Waals surface area contributed by atoms with Crippen LogP contribution in [0.4, 0.5) is 4.79 Å². The predicted octanol–water partition coefficient (Wildman–Crippen LogP) is 3.55. The van der Waals surface area contributed by atoms with Crippen LogP contribution < -0.4 is 0 Å². The summed E-state index contributed by atoms with van der Waals surface area (Å²) in [6, 6.07) is 7.58. The Kier molecular flexibility index (Phi) is 3.78. The van der Waals surface area contributed by atoms with Crippen molar-refractivity contribution in [2.45, 2.75) is 44.2 Å². The van der Waals surface area contributed by atoms with Gasteiger partial charge in [0, 0.05) is 11.5 Å². The van der Waals surface area contributed by atoms with Crippen LogP contribution in [0.1, 0.15) is 37.7 Å². The molecule has 0 unspecified atom stereocenters. The second-order valence-electron chi connectivity index (χ2n) is 5.95. The molecule has 2 aliphatic rings. The van der Waals surface area contributed by atoms with Gasteiger partial charge in [0.2, 0.25) is 0 Å². The van der Waals surface area contributed by atoms with E-state index in [1.54, 1.807) is 11.9 Å². The third kappa shape index (κ3) is 2.37. The minimum Gasteiger partial charge on any atom is -0.313 e. The quantitative estimate of drug-likeness (QED) is 0.765. The van der Waals surface area contributed by atoms with Crippen LogP contribution >= 0.6 is 15.9 Å². The second-order valence-corrected chi connectivity index (χ2v) is 6.87. The highest BCUT2D eigenvalue weighted by Gasteiger charge is 2.55. The Morgan fingerprint density at radius 2 is 1.71 bits per heavy atom. The highest BCUT2D eigenvalue weighted by Crippen LogP contribution is 2.39. The molecule has 3 amide bonds. The number of halogens is 1. The normalized spacial score (nSPS) is 21.4. The van der Waals surface area contributed by atoms with Crippen molar-refractivity contribution < 1.29 is 9.59 Å². The standard InChI is InChI=1S/C16H19BrN2O2/c1-18-15(21)19(11-12-5-7-13(17)8-6-12)14(20)16(18)9-3-2-4-10-16/h5-8H,2-4,9-11H2,1H3. The molecule has 2 fully saturated rings. The lowest BCUT2D eigenvalue weighted by Crippen LogP contribution is -2.49. The Hall–Kier alpha value is -1.36. The van der Waals surface area contributed by atoms with E-state index in [0.29, 0.717) is 6.54 Å². The molecule has 3 rings (SSSR count). The van der Waals surface area contributed by atoms with Gasteiger partial charge >= 0.3 is 6.03 Å². The maximum absolute atomic E-state index is 12.8. The summed E-state index contributed by atoms with van der Waals surface area (Å²) in [5.41, 5.74) is 0.395. The minimum atomic E-state index is -0.579. The van der Waals surface area contributed by atoms with Crippen LogP contribution in [-0.4, -0.2) is 34.3 Å². The summed E-state index contributed by atoms with van der Waals surface area (Å²) in [6.07, 6.45) is 4.80. The van der Waals surface area contributed by atoms with Crippen molar-refractivity contribution in [1.29, 1.82) is 0 Å². The van der Waals surface area contributed by atoms with Crippen LogP contribution in [0.15, 0.2) is 28.7 Å². The Bertz CT molecular complexity index is 564. The van der Waals surface area contributed by atoms with Gasteiger partial charge in [-0.1, -0.05) is 47.3 Å². The fourth-order valence-corrected chi connectivity index (χ4v) is 3.71. The van der Waals surface area contributed by atoms with E-state index in [4.69, 9.17) is 0 Å². The van der Waals surface area contributed by atoms with Gasteiger partial charge in [0.15, 0.2) is 0 Å². The third-order valence-electron chi connectivity index (χ3n) is 4.74. The summed E-state index contributed by atoms with van der Waals surface area (Å²) in [6.45, 7) is 0.358. The van der Waals surface area contributed by atoms with E-state index >= 15 is 0 Å². The molecule has 1 saturated carbocycles. The van der Waals surface area contributed by atoms with Crippen LogP contribution in [-0.2, 0) is 11.3 Å². The van der Waals surface area contributed by atoms with E-state index in [0.717, 1.165) is 42.1 Å². The lowest BCUT2D eigenvalue weighted by Gasteiger charge is -2.35. The first-order valence-electron chi connectivity index (χ1n) is 7.39. The van der Waals surface area contributed by atoms with Crippen LogP contribution in [0, 0.1) is 0 Å². The zero-order valence-electron chi connectivity index (χ0n) is 12.1. The van der Waals surface area contributed by atoms with Crippen LogP contribution in [0.2, 0.25) is 0 Å². The van der Waals surface area contributed by atoms with Gasteiger partial charge in [0.1, 0.15) is 5.54 Å². The number of nitrogens with zero attached hydrogens (tertiary/aromatic N) is 2. The Morgan fingerprint density at radius 3 is 2.33 bits per heavy atom. The molecule has 0 aromatic heterocycles. The molecule has 0 bridgehead atoms. The van der Waals surface area contributed by atoms with Crippen molar-refractivity contribution in [3.8, 4) is 0 Å². The highest BCUT2D eigenvalue weighted by molar-refractivity contribution is 9.10. The van der Waals surface area contributed by atoms with Gasteiger partial charge in [-0.05, 0) is 30.5 Å². The fraction of sp³-hybridized carbons (Fsp3) is 0.500. The van der Waals surface area contributed by atoms with Crippen molar-refractivity contribution in [3.05, 3.63) is 34.3 Å². The van der Waals surface area contributed by atoms with E-state index in [1.807, 2.05) is 24.3 Å². The first-order chi connectivity index (χ1) is 10.0. The fourth-order valence-electron chi connectivity index (χ4n) is 3.44. The lowest BCUT2D eigenvalue weighted by atomic mass is 9.81. The molecule has 1 aliphatic carbocycles. The molecule has 1 heterocycles. The molecule has 1 saturated heterocycles. The average Bonchev–Trinajstić information content (AvgIpc) is 2.67. The van der Waals surface area contributed by atoms with Crippen LogP contribution in [0.3, 0.4) is 0 Å². The Balaban J connectivity index is 1.84. The van der Waals surface area contributed by atoms with Gasteiger partial charge in [-0.3, -0.25) is 9.69 Å². The number of carbonyl (C=O) groups excluding carboxylic acids is 2. The number of rotatable bonds is 2. The Morgan fingerprint density at radius 1 is 1.10 bits per heavy atom. The van der Waals surface area contributed by atoms with Gasteiger partial charge in [-0.15, -0.1) is 0 Å². The van der Waals surface area contributed by atoms with Crippen molar-refractivity contribution >= 4 is 27.9 Å². The van der Waals surface area contributed by atoms with Gasteiger partial charge in [0.25, 0.3) is 5.91 Å². The first kappa shape index (κ1) is 14.6.